The van der Waals surface area contributed by atoms with Gasteiger partial charge in [0.1, 0.15) is 5.65 Å². The number of allylic oxidation sites excluding steroid dienone is 1. The molecule has 0 saturated carbocycles. The first kappa shape index (κ1) is 17.2. The fourth-order valence-corrected chi connectivity index (χ4v) is 2.93. The van der Waals surface area contributed by atoms with Crippen molar-refractivity contribution < 1.29 is 14.3 Å². The third-order valence-corrected chi connectivity index (χ3v) is 4.36. The highest BCUT2D eigenvalue weighted by atomic mass is 16.5. The van der Waals surface area contributed by atoms with Gasteiger partial charge < -0.3 is 14.5 Å². The smallest absolute Gasteiger partial charge is 0.359 e. The summed E-state index contributed by atoms with van der Waals surface area (Å²) in [5.41, 5.74) is 2.26. The molecule has 0 saturated heterocycles. The van der Waals surface area contributed by atoms with Crippen molar-refractivity contribution in [2.24, 2.45) is 0 Å². The first-order chi connectivity index (χ1) is 12.1. The molecule has 2 aromatic heterocycles. The number of rotatable bonds is 6. The molecular formula is C19H23N3O3. The van der Waals surface area contributed by atoms with Crippen molar-refractivity contribution in [1.29, 1.82) is 0 Å². The average molecular weight is 341 g/mol. The molecule has 0 spiro atoms. The van der Waals surface area contributed by atoms with Gasteiger partial charge in [-0.15, -0.1) is 0 Å². The fourth-order valence-electron chi connectivity index (χ4n) is 2.93. The number of nitrogens with zero attached hydrogens (tertiary/aromatic N) is 2. The number of hydrogen-bond donors (Lipinski definition) is 1. The maximum absolute atomic E-state index is 12.2. The molecule has 6 heteroatoms. The summed E-state index contributed by atoms with van der Waals surface area (Å²) in [7, 11) is 0. The van der Waals surface area contributed by atoms with E-state index in [0.717, 1.165) is 19.3 Å². The second kappa shape index (κ2) is 7.96. The summed E-state index contributed by atoms with van der Waals surface area (Å²) < 4.78 is 6.96. The standard InChI is InChI=1S/C19H23N3O3/c1-14(18(23)20-11-10-15-7-3-2-4-8-15)25-19(24)16-13-22-12-6-5-9-17(22)21-16/h5-7,9,12-14H,2-4,8,10-11H2,1H3,(H,20,23)/t14-/m0/s1. The van der Waals surface area contributed by atoms with Crippen molar-refractivity contribution in [2.45, 2.75) is 45.1 Å². The number of fused-ring (bicyclic) bond motifs is 1. The number of imidazole rings is 1. The summed E-state index contributed by atoms with van der Waals surface area (Å²) in [6.45, 7) is 2.14. The highest BCUT2D eigenvalue weighted by Crippen LogP contribution is 2.19. The van der Waals surface area contributed by atoms with Gasteiger partial charge in [-0.2, -0.15) is 0 Å². The zero-order valence-electron chi connectivity index (χ0n) is 14.4. The Morgan fingerprint density at radius 3 is 3.00 bits per heavy atom. The molecule has 0 aromatic carbocycles. The van der Waals surface area contributed by atoms with Crippen LogP contribution in [0.15, 0.2) is 42.2 Å². The van der Waals surface area contributed by atoms with E-state index in [1.54, 1.807) is 29.8 Å². The number of pyridine rings is 1. The van der Waals surface area contributed by atoms with Gasteiger partial charge in [-0.05, 0) is 51.2 Å². The van der Waals surface area contributed by atoms with E-state index in [4.69, 9.17) is 4.74 Å². The van der Waals surface area contributed by atoms with E-state index < -0.39 is 12.1 Å². The molecule has 1 aliphatic rings. The van der Waals surface area contributed by atoms with Gasteiger partial charge in [-0.3, -0.25) is 4.79 Å². The molecule has 2 heterocycles. The number of carbonyl (C=O) groups excluding carboxylic acids is 2. The lowest BCUT2D eigenvalue weighted by atomic mass is 9.97. The van der Waals surface area contributed by atoms with Crippen LogP contribution >= 0.6 is 0 Å². The SMILES string of the molecule is C[C@H](OC(=O)c1cn2ccccc2n1)C(=O)NCCC1=CCCCC1. The first-order valence-electron chi connectivity index (χ1n) is 8.74. The zero-order valence-corrected chi connectivity index (χ0v) is 14.4. The van der Waals surface area contributed by atoms with Crippen molar-refractivity contribution >= 4 is 17.5 Å². The predicted molar refractivity (Wildman–Crippen MR) is 94.2 cm³/mol. The number of ether oxygens (including phenoxy) is 1. The maximum Gasteiger partial charge on any atom is 0.359 e. The van der Waals surface area contributed by atoms with Crippen molar-refractivity contribution in [1.82, 2.24) is 14.7 Å². The molecule has 0 fully saturated rings. The molecule has 132 valence electrons. The minimum absolute atomic E-state index is 0.193. The lowest BCUT2D eigenvalue weighted by Crippen LogP contribution is -2.36. The molecule has 1 N–H and O–H groups in total. The lowest BCUT2D eigenvalue weighted by Gasteiger charge is -2.15. The lowest BCUT2D eigenvalue weighted by molar-refractivity contribution is -0.129. The Hall–Kier alpha value is -2.63. The molecule has 3 rings (SSSR count). The van der Waals surface area contributed by atoms with Crippen LogP contribution in [0.1, 0.15) is 49.5 Å². The van der Waals surface area contributed by atoms with Crippen molar-refractivity contribution in [2.75, 3.05) is 6.54 Å². The van der Waals surface area contributed by atoms with Crippen LogP contribution in [-0.4, -0.2) is 33.9 Å². The molecular weight excluding hydrogens is 318 g/mol. The molecule has 1 aliphatic carbocycles. The molecule has 2 aromatic rings. The van der Waals surface area contributed by atoms with Gasteiger partial charge >= 0.3 is 5.97 Å². The Bertz CT molecular complexity index is 761. The molecule has 1 atom stereocenters. The topological polar surface area (TPSA) is 72.7 Å². The molecule has 0 aliphatic heterocycles. The predicted octanol–water partition coefficient (Wildman–Crippen LogP) is 2.89. The summed E-state index contributed by atoms with van der Waals surface area (Å²) in [6.07, 6.45) is 10.4. The second-order valence-electron chi connectivity index (χ2n) is 6.29. The van der Waals surface area contributed by atoms with Gasteiger partial charge in [0.25, 0.3) is 5.91 Å². The highest BCUT2D eigenvalue weighted by molar-refractivity contribution is 5.91. The van der Waals surface area contributed by atoms with E-state index in [1.807, 2.05) is 12.1 Å². The van der Waals surface area contributed by atoms with Gasteiger partial charge in [0.15, 0.2) is 11.8 Å². The van der Waals surface area contributed by atoms with Gasteiger partial charge in [0, 0.05) is 18.9 Å². The van der Waals surface area contributed by atoms with E-state index in [-0.39, 0.29) is 11.6 Å². The monoisotopic (exact) mass is 341 g/mol. The third kappa shape index (κ3) is 4.47. The number of aromatic nitrogens is 2. The summed E-state index contributed by atoms with van der Waals surface area (Å²) >= 11 is 0. The van der Waals surface area contributed by atoms with Crippen LogP contribution in [0.2, 0.25) is 0 Å². The molecule has 25 heavy (non-hydrogen) atoms. The third-order valence-electron chi connectivity index (χ3n) is 4.36. The molecule has 0 bridgehead atoms. The van der Waals surface area contributed by atoms with Crippen LogP contribution in [0.5, 0.6) is 0 Å². The first-order valence-corrected chi connectivity index (χ1v) is 8.74. The summed E-state index contributed by atoms with van der Waals surface area (Å²) in [5, 5.41) is 2.83. The maximum atomic E-state index is 12.2. The van der Waals surface area contributed by atoms with Crippen LogP contribution in [0.4, 0.5) is 0 Å². The highest BCUT2D eigenvalue weighted by Gasteiger charge is 2.20. The van der Waals surface area contributed by atoms with Crippen molar-refractivity contribution in [3.63, 3.8) is 0 Å². The van der Waals surface area contributed by atoms with Crippen LogP contribution in [0, 0.1) is 0 Å². The van der Waals surface area contributed by atoms with E-state index in [0.29, 0.717) is 12.2 Å². The fraction of sp³-hybridized carbons (Fsp3) is 0.421. The van der Waals surface area contributed by atoms with Gasteiger partial charge in [-0.1, -0.05) is 17.7 Å². The molecule has 1 amide bonds. The van der Waals surface area contributed by atoms with Crippen LogP contribution in [0.25, 0.3) is 5.65 Å². The quantitative estimate of drug-likeness (QED) is 0.648. The van der Waals surface area contributed by atoms with Crippen LogP contribution in [0.3, 0.4) is 0 Å². The molecule has 0 unspecified atom stereocenters. The Balaban J connectivity index is 1.48. The number of nitrogens with one attached hydrogen (secondary N) is 1. The van der Waals surface area contributed by atoms with E-state index >= 15 is 0 Å². The Labute approximate surface area is 146 Å². The van der Waals surface area contributed by atoms with E-state index in [1.165, 1.54) is 18.4 Å². The summed E-state index contributed by atoms with van der Waals surface area (Å²) in [5.74, 6) is -0.880. The number of carbonyl (C=O) groups is 2. The average Bonchev–Trinajstić information content (AvgIpc) is 3.07. The van der Waals surface area contributed by atoms with Crippen molar-refractivity contribution in [3.8, 4) is 0 Å². The van der Waals surface area contributed by atoms with E-state index in [9.17, 15) is 9.59 Å². The van der Waals surface area contributed by atoms with Gasteiger partial charge in [-0.25, -0.2) is 9.78 Å². The Morgan fingerprint density at radius 1 is 1.36 bits per heavy atom. The number of hydrogen-bond acceptors (Lipinski definition) is 4. The van der Waals surface area contributed by atoms with Crippen molar-refractivity contribution in [3.05, 3.63) is 47.9 Å². The van der Waals surface area contributed by atoms with Gasteiger partial charge in [0.2, 0.25) is 0 Å². The Morgan fingerprint density at radius 2 is 2.24 bits per heavy atom. The normalized spacial score (nSPS) is 15.5. The van der Waals surface area contributed by atoms with Crippen LogP contribution < -0.4 is 5.32 Å². The molecule has 6 nitrogen and oxygen atoms in total. The minimum Gasteiger partial charge on any atom is -0.448 e. The summed E-state index contributed by atoms with van der Waals surface area (Å²) in [6, 6.07) is 5.49. The van der Waals surface area contributed by atoms with E-state index in [2.05, 4.69) is 16.4 Å². The molecule has 0 radical (unpaired) electrons. The largest absolute Gasteiger partial charge is 0.448 e. The number of esters is 1. The van der Waals surface area contributed by atoms with Gasteiger partial charge in [0.05, 0.1) is 0 Å². The Kier molecular flexibility index (Phi) is 5.48. The number of amides is 1. The minimum atomic E-state index is -0.849. The van der Waals surface area contributed by atoms with Crippen LogP contribution in [-0.2, 0) is 9.53 Å². The summed E-state index contributed by atoms with van der Waals surface area (Å²) in [4.78, 5) is 28.5. The zero-order chi connectivity index (χ0) is 17.6. The second-order valence-corrected chi connectivity index (χ2v) is 6.29.